The maximum absolute atomic E-state index is 11.5. The first-order valence-electron chi connectivity index (χ1n) is 4.92. The molecule has 0 radical (unpaired) electrons. The molecule has 82 valence electrons. The number of aromatic amines is 1. The predicted molar refractivity (Wildman–Crippen MR) is 59.2 cm³/mol. The summed E-state index contributed by atoms with van der Waals surface area (Å²) in [5.41, 5.74) is 0.799. The summed E-state index contributed by atoms with van der Waals surface area (Å²) in [5.74, 6) is 2.17. The molecular formula is C10H9N3O2S. The minimum absolute atomic E-state index is 0.173. The molecule has 1 aliphatic rings. The zero-order valence-corrected chi connectivity index (χ0v) is 9.16. The van der Waals surface area contributed by atoms with E-state index in [9.17, 15) is 4.79 Å². The number of H-pyrrole nitrogens is 1. The highest BCUT2D eigenvalue weighted by Crippen LogP contribution is 2.29. The third kappa shape index (κ3) is 1.55. The lowest BCUT2D eigenvalue weighted by Crippen LogP contribution is -2.09. The van der Waals surface area contributed by atoms with E-state index in [1.54, 1.807) is 18.0 Å². The number of rotatable bonds is 2. The second-order valence-electron chi connectivity index (χ2n) is 3.57. The summed E-state index contributed by atoms with van der Waals surface area (Å²) in [6.07, 6.45) is 1.79. The fourth-order valence-electron chi connectivity index (χ4n) is 1.64. The first kappa shape index (κ1) is 9.65. The lowest BCUT2D eigenvalue weighted by atomic mass is 10.1. The van der Waals surface area contributed by atoms with Crippen molar-refractivity contribution in [2.24, 2.45) is 0 Å². The number of thioether (sulfide) groups is 1. The summed E-state index contributed by atoms with van der Waals surface area (Å²) >= 11 is 1.61. The van der Waals surface area contributed by atoms with E-state index in [2.05, 4.69) is 15.1 Å². The van der Waals surface area contributed by atoms with Gasteiger partial charge in [0.25, 0.3) is 0 Å². The summed E-state index contributed by atoms with van der Waals surface area (Å²) in [4.78, 5) is 18.7. The Balaban J connectivity index is 1.91. The Hall–Kier alpha value is -1.56. The van der Waals surface area contributed by atoms with Crippen LogP contribution in [0.15, 0.2) is 22.9 Å². The van der Waals surface area contributed by atoms with Gasteiger partial charge in [0.2, 0.25) is 11.7 Å². The smallest absolute Gasteiger partial charge is 0.238 e. The number of hydrogen-bond acceptors (Lipinski definition) is 5. The molecule has 1 fully saturated rings. The van der Waals surface area contributed by atoms with Gasteiger partial charge in [-0.1, -0.05) is 5.16 Å². The van der Waals surface area contributed by atoms with Crippen LogP contribution in [-0.4, -0.2) is 32.4 Å². The van der Waals surface area contributed by atoms with E-state index in [4.69, 9.17) is 4.52 Å². The second kappa shape index (κ2) is 3.79. The minimum Gasteiger partial charge on any atom is -0.359 e. The number of nitrogens with one attached hydrogen (secondary N) is 1. The van der Waals surface area contributed by atoms with Crippen LogP contribution in [-0.2, 0) is 4.79 Å². The number of Topliss-reactive ketones (excluding diaryl/α,β-unsaturated/α-hetero) is 1. The van der Waals surface area contributed by atoms with Gasteiger partial charge in [-0.15, -0.1) is 0 Å². The van der Waals surface area contributed by atoms with Crippen LogP contribution in [0.25, 0.3) is 11.5 Å². The molecule has 2 aromatic heterocycles. The van der Waals surface area contributed by atoms with E-state index >= 15 is 0 Å². The van der Waals surface area contributed by atoms with Gasteiger partial charge in [-0.05, 0) is 12.1 Å². The summed E-state index contributed by atoms with van der Waals surface area (Å²) in [6, 6.07) is 3.72. The van der Waals surface area contributed by atoms with Crippen molar-refractivity contribution in [1.82, 2.24) is 15.1 Å². The second-order valence-corrected chi connectivity index (χ2v) is 4.60. The first-order chi connectivity index (χ1) is 7.84. The molecule has 0 aliphatic carbocycles. The van der Waals surface area contributed by atoms with E-state index in [0.29, 0.717) is 17.5 Å². The summed E-state index contributed by atoms with van der Waals surface area (Å²) in [5, 5.41) is 3.86. The van der Waals surface area contributed by atoms with Crippen LogP contribution in [0, 0.1) is 0 Å². The molecule has 3 rings (SSSR count). The van der Waals surface area contributed by atoms with Gasteiger partial charge in [0.15, 0.2) is 5.78 Å². The Labute approximate surface area is 95.6 Å². The lowest BCUT2D eigenvalue weighted by molar-refractivity contribution is -0.117. The summed E-state index contributed by atoms with van der Waals surface area (Å²) in [7, 11) is 0. The predicted octanol–water partition coefficient (Wildman–Crippen LogP) is 1.46. The van der Waals surface area contributed by atoms with Crippen molar-refractivity contribution in [1.29, 1.82) is 0 Å². The maximum atomic E-state index is 11.5. The van der Waals surface area contributed by atoms with Crippen LogP contribution in [0.1, 0.15) is 11.8 Å². The number of ketones is 1. The van der Waals surface area contributed by atoms with Crippen molar-refractivity contribution in [3.05, 3.63) is 24.2 Å². The van der Waals surface area contributed by atoms with Crippen LogP contribution in [0.2, 0.25) is 0 Å². The molecule has 0 saturated carbocycles. The zero-order valence-electron chi connectivity index (χ0n) is 8.34. The molecule has 1 unspecified atom stereocenters. The molecule has 5 nitrogen and oxygen atoms in total. The Kier molecular flexibility index (Phi) is 2.28. The molecule has 1 aliphatic heterocycles. The number of aromatic nitrogens is 3. The van der Waals surface area contributed by atoms with Gasteiger partial charge in [-0.25, -0.2) is 0 Å². The van der Waals surface area contributed by atoms with Gasteiger partial charge in [0, 0.05) is 11.9 Å². The number of carbonyl (C=O) groups excluding carboxylic acids is 1. The Bertz CT molecular complexity index is 506. The Morgan fingerprint density at radius 2 is 2.50 bits per heavy atom. The van der Waals surface area contributed by atoms with E-state index < -0.39 is 0 Å². The van der Waals surface area contributed by atoms with Crippen molar-refractivity contribution in [2.75, 3.05) is 11.5 Å². The molecular weight excluding hydrogens is 226 g/mol. The van der Waals surface area contributed by atoms with Gasteiger partial charge >= 0.3 is 0 Å². The molecule has 16 heavy (non-hydrogen) atoms. The van der Waals surface area contributed by atoms with Crippen LogP contribution in [0.5, 0.6) is 0 Å². The molecule has 6 heteroatoms. The van der Waals surface area contributed by atoms with Crippen LogP contribution < -0.4 is 0 Å². The van der Waals surface area contributed by atoms with E-state index in [0.717, 1.165) is 11.4 Å². The molecule has 1 N–H and O–H groups in total. The third-order valence-corrected chi connectivity index (χ3v) is 3.55. The Morgan fingerprint density at radius 3 is 3.19 bits per heavy atom. The highest BCUT2D eigenvalue weighted by molar-refractivity contribution is 8.00. The largest absolute Gasteiger partial charge is 0.359 e. The first-order valence-corrected chi connectivity index (χ1v) is 6.08. The summed E-state index contributed by atoms with van der Waals surface area (Å²) in [6.45, 7) is 0. The van der Waals surface area contributed by atoms with Gasteiger partial charge < -0.3 is 9.51 Å². The lowest BCUT2D eigenvalue weighted by Gasteiger charge is -1.97. The zero-order chi connectivity index (χ0) is 11.0. The van der Waals surface area contributed by atoms with Gasteiger partial charge in [-0.2, -0.15) is 16.7 Å². The molecule has 0 spiro atoms. The van der Waals surface area contributed by atoms with Crippen LogP contribution >= 0.6 is 11.8 Å². The quantitative estimate of drug-likeness (QED) is 0.853. The molecule has 1 atom stereocenters. The summed E-state index contributed by atoms with van der Waals surface area (Å²) < 4.78 is 5.13. The SMILES string of the molecule is O=C1CSCC1c1nc(-c2ccc[nH]2)no1. The van der Waals surface area contributed by atoms with Crippen molar-refractivity contribution < 1.29 is 9.32 Å². The van der Waals surface area contributed by atoms with E-state index in [1.807, 2.05) is 12.1 Å². The fourth-order valence-corrected chi connectivity index (χ4v) is 2.72. The maximum Gasteiger partial charge on any atom is 0.238 e. The normalized spacial score (nSPS) is 20.5. The number of hydrogen-bond donors (Lipinski definition) is 1. The van der Waals surface area contributed by atoms with Crippen LogP contribution in [0.4, 0.5) is 0 Å². The van der Waals surface area contributed by atoms with E-state index in [1.165, 1.54) is 0 Å². The Morgan fingerprint density at radius 1 is 1.56 bits per heavy atom. The third-order valence-electron chi connectivity index (χ3n) is 2.50. The van der Waals surface area contributed by atoms with Gasteiger partial charge in [-0.3, -0.25) is 4.79 Å². The van der Waals surface area contributed by atoms with Crippen molar-refractivity contribution >= 4 is 17.5 Å². The van der Waals surface area contributed by atoms with Crippen molar-refractivity contribution in [2.45, 2.75) is 5.92 Å². The van der Waals surface area contributed by atoms with Gasteiger partial charge in [0.05, 0.1) is 11.4 Å². The van der Waals surface area contributed by atoms with Crippen molar-refractivity contribution in [3.63, 3.8) is 0 Å². The van der Waals surface area contributed by atoms with E-state index in [-0.39, 0.29) is 11.7 Å². The minimum atomic E-state index is -0.221. The molecule has 1 saturated heterocycles. The standard InChI is InChI=1S/C10H9N3O2S/c14-8-5-16-4-6(8)10-12-9(13-15-10)7-2-1-3-11-7/h1-3,6,11H,4-5H2. The van der Waals surface area contributed by atoms with Crippen LogP contribution in [0.3, 0.4) is 0 Å². The molecule has 3 heterocycles. The number of nitrogens with zero attached hydrogens (tertiary/aromatic N) is 2. The monoisotopic (exact) mass is 235 g/mol. The molecule has 0 amide bonds. The topological polar surface area (TPSA) is 71.8 Å². The average Bonchev–Trinajstić information content (AvgIpc) is 2.96. The number of carbonyl (C=O) groups is 1. The molecule has 2 aromatic rings. The van der Waals surface area contributed by atoms with Gasteiger partial charge in [0.1, 0.15) is 5.92 Å². The molecule has 0 bridgehead atoms. The highest BCUT2D eigenvalue weighted by atomic mass is 32.2. The average molecular weight is 235 g/mol. The fraction of sp³-hybridized carbons (Fsp3) is 0.300. The van der Waals surface area contributed by atoms with Crippen molar-refractivity contribution in [3.8, 4) is 11.5 Å². The molecule has 0 aromatic carbocycles. The highest BCUT2D eigenvalue weighted by Gasteiger charge is 2.31.